The van der Waals surface area contributed by atoms with E-state index in [0.29, 0.717) is 52.1 Å². The van der Waals surface area contributed by atoms with Crippen molar-refractivity contribution in [2.75, 3.05) is 26.2 Å². The molecule has 0 amide bonds. The SMILES string of the molecule is C=C(C)[C@@H]1CC[C@]2(NCCN3C[C@H]4C[C@@H]3CO4)CC[C@]3(C)[C@H](CC[C@@H]4[C@@]5(C)CC=C(C6=CC7C(C6)C7C(=O)O)C(C)(C)[C@@H]5CC[C@]43C)[C@@H]12. The standard InChI is InChI=1S/C43H64N2O3/c1-25(2)29-10-15-43(44-18-19-45-23-28-22-27(45)24-48-28)17-16-41(6)33(37(29)43)8-9-35-40(5)13-11-32(26-20-30-31(21-26)36(30)38(46)47)39(3,4)34(40)12-14-42(35,41)7/h11,20,27-31,33-37,44H,1,8-10,12-19,21-24H2,2-7H3,(H,46,47)/t27-,28-,29+,30?,31?,33-,34+,35-,36?,37-,40+,41-,42-,43+/m1/s1. The topological polar surface area (TPSA) is 61.8 Å². The van der Waals surface area contributed by atoms with Gasteiger partial charge in [0.15, 0.2) is 0 Å². The molecule has 2 heterocycles. The van der Waals surface area contributed by atoms with Gasteiger partial charge in [-0.2, -0.15) is 0 Å². The first kappa shape index (κ1) is 32.5. The molecule has 0 radical (unpaired) electrons. The van der Waals surface area contributed by atoms with Crippen LogP contribution in [0, 0.1) is 69.0 Å². The van der Waals surface area contributed by atoms with Gasteiger partial charge in [-0.15, -0.1) is 0 Å². The summed E-state index contributed by atoms with van der Waals surface area (Å²) >= 11 is 0. The maximum absolute atomic E-state index is 11.7. The monoisotopic (exact) mass is 656 g/mol. The number of fused-ring (bicyclic) bond motifs is 10. The molecular weight excluding hydrogens is 592 g/mol. The van der Waals surface area contributed by atoms with Crippen LogP contribution < -0.4 is 5.32 Å². The highest BCUT2D eigenvalue weighted by Gasteiger charge is 2.70. The molecule has 9 rings (SSSR count). The fourth-order valence-corrected chi connectivity index (χ4v) is 15.8. The van der Waals surface area contributed by atoms with Crippen LogP contribution in [-0.2, 0) is 9.53 Å². The van der Waals surface area contributed by atoms with Crippen molar-refractivity contribution in [3.05, 3.63) is 35.5 Å². The Morgan fingerprint density at radius 2 is 1.85 bits per heavy atom. The van der Waals surface area contributed by atoms with Crippen LogP contribution >= 0.6 is 0 Å². The summed E-state index contributed by atoms with van der Waals surface area (Å²) < 4.78 is 5.91. The number of hydrogen-bond acceptors (Lipinski definition) is 4. The number of nitrogens with zero attached hydrogens (tertiary/aromatic N) is 1. The number of carboxylic acids is 1. The number of carboxylic acid groups (broad SMARTS) is 1. The number of nitrogens with one attached hydrogen (secondary N) is 1. The van der Waals surface area contributed by atoms with Crippen LogP contribution in [0.2, 0.25) is 0 Å². The molecule has 2 bridgehead atoms. The lowest BCUT2D eigenvalue weighted by Crippen LogP contribution is -2.68. The summed E-state index contributed by atoms with van der Waals surface area (Å²) in [5.74, 6) is 3.47. The highest BCUT2D eigenvalue weighted by Crippen LogP contribution is 2.77. The van der Waals surface area contributed by atoms with Gasteiger partial charge in [0.1, 0.15) is 0 Å². The van der Waals surface area contributed by atoms with Crippen LogP contribution in [0.5, 0.6) is 0 Å². The van der Waals surface area contributed by atoms with Crippen molar-refractivity contribution in [3.8, 4) is 0 Å². The summed E-state index contributed by atoms with van der Waals surface area (Å²) in [5, 5.41) is 14.0. The minimum Gasteiger partial charge on any atom is -0.481 e. The molecule has 5 saturated carbocycles. The van der Waals surface area contributed by atoms with E-state index in [2.05, 4.69) is 70.5 Å². The molecule has 48 heavy (non-hydrogen) atoms. The van der Waals surface area contributed by atoms with E-state index in [9.17, 15) is 9.90 Å². The Bertz CT molecular complexity index is 1460. The number of aliphatic carboxylic acids is 1. The van der Waals surface area contributed by atoms with Crippen molar-refractivity contribution in [2.45, 2.75) is 130 Å². The second kappa shape index (κ2) is 10.6. The van der Waals surface area contributed by atoms with Gasteiger partial charge in [0.25, 0.3) is 0 Å². The van der Waals surface area contributed by atoms with Gasteiger partial charge in [-0.25, -0.2) is 0 Å². The first-order valence-electron chi connectivity index (χ1n) is 20.1. The van der Waals surface area contributed by atoms with Crippen LogP contribution in [0.25, 0.3) is 0 Å². The maximum Gasteiger partial charge on any atom is 0.307 e. The minimum atomic E-state index is -0.590. The van der Waals surface area contributed by atoms with Crippen molar-refractivity contribution in [1.29, 1.82) is 0 Å². The summed E-state index contributed by atoms with van der Waals surface area (Å²) in [7, 11) is 0. The smallest absolute Gasteiger partial charge is 0.307 e. The third kappa shape index (κ3) is 4.22. The number of likely N-dealkylation sites (tertiary alicyclic amines) is 1. The van der Waals surface area contributed by atoms with Crippen molar-refractivity contribution in [2.24, 2.45) is 69.0 Å². The van der Waals surface area contributed by atoms with E-state index in [1.54, 1.807) is 5.57 Å². The van der Waals surface area contributed by atoms with Crippen LogP contribution in [-0.4, -0.2) is 59.9 Å². The van der Waals surface area contributed by atoms with E-state index in [1.807, 2.05) is 0 Å². The third-order valence-corrected chi connectivity index (χ3v) is 18.2. The normalized spacial score (nSPS) is 52.8. The van der Waals surface area contributed by atoms with Crippen molar-refractivity contribution >= 4 is 5.97 Å². The number of hydrogen-bond donors (Lipinski definition) is 2. The van der Waals surface area contributed by atoms with E-state index < -0.39 is 5.97 Å². The summed E-state index contributed by atoms with van der Waals surface area (Å²) in [6, 6.07) is 0.652. The van der Waals surface area contributed by atoms with Gasteiger partial charge < -0.3 is 15.2 Å². The number of carbonyl (C=O) groups is 1. The molecule has 2 aliphatic heterocycles. The molecule has 264 valence electrons. The first-order valence-corrected chi connectivity index (χ1v) is 20.1. The van der Waals surface area contributed by atoms with Crippen molar-refractivity contribution in [3.63, 3.8) is 0 Å². The third-order valence-electron chi connectivity index (χ3n) is 18.2. The van der Waals surface area contributed by atoms with Crippen LogP contribution in [0.4, 0.5) is 0 Å². The Kier molecular flexibility index (Phi) is 7.15. The summed E-state index contributed by atoms with van der Waals surface area (Å²) in [6.45, 7) is 24.7. The second-order valence-electron chi connectivity index (χ2n) is 20.2. The maximum atomic E-state index is 11.7. The number of rotatable bonds is 7. The summed E-state index contributed by atoms with van der Waals surface area (Å²) in [6.07, 6.45) is 19.7. The fraction of sp³-hybridized carbons (Fsp3) is 0.837. The van der Waals surface area contributed by atoms with Gasteiger partial charge in [-0.3, -0.25) is 9.69 Å². The molecule has 0 aromatic carbocycles. The first-order chi connectivity index (χ1) is 22.7. The van der Waals surface area contributed by atoms with Gasteiger partial charge in [0.05, 0.1) is 18.6 Å². The molecule has 0 aromatic rings. The zero-order valence-electron chi connectivity index (χ0n) is 31.0. The Labute approximate surface area is 290 Å². The minimum absolute atomic E-state index is 0.123. The highest BCUT2D eigenvalue weighted by atomic mass is 16.5. The van der Waals surface area contributed by atoms with Gasteiger partial charge in [-0.05, 0) is 152 Å². The van der Waals surface area contributed by atoms with E-state index in [0.717, 1.165) is 38.0 Å². The average molecular weight is 657 g/mol. The van der Waals surface area contributed by atoms with Crippen molar-refractivity contribution in [1.82, 2.24) is 10.2 Å². The molecule has 0 aromatic heterocycles. The Hall–Kier alpha value is -1.43. The zero-order valence-corrected chi connectivity index (χ0v) is 31.0. The Balaban J connectivity index is 0.977. The lowest BCUT2D eigenvalue weighted by Gasteiger charge is -2.72. The molecule has 5 heteroatoms. The molecule has 7 fully saturated rings. The van der Waals surface area contributed by atoms with E-state index in [-0.39, 0.29) is 22.8 Å². The van der Waals surface area contributed by atoms with Gasteiger partial charge >= 0.3 is 5.97 Å². The molecular formula is C43H64N2O3. The second-order valence-corrected chi connectivity index (χ2v) is 20.2. The lowest BCUT2D eigenvalue weighted by atomic mass is 9.33. The van der Waals surface area contributed by atoms with Gasteiger partial charge in [0.2, 0.25) is 0 Å². The number of ether oxygens (including phenoxy) is 1. The molecule has 7 aliphatic carbocycles. The van der Waals surface area contributed by atoms with E-state index in [4.69, 9.17) is 4.74 Å². The van der Waals surface area contributed by atoms with Crippen molar-refractivity contribution < 1.29 is 14.6 Å². The fourth-order valence-electron chi connectivity index (χ4n) is 15.8. The molecule has 2 saturated heterocycles. The van der Waals surface area contributed by atoms with Crippen LogP contribution in [0.3, 0.4) is 0 Å². The molecule has 14 atom stereocenters. The van der Waals surface area contributed by atoms with E-state index in [1.165, 1.54) is 81.9 Å². The van der Waals surface area contributed by atoms with Gasteiger partial charge in [-0.1, -0.05) is 58.9 Å². The molecule has 9 aliphatic rings. The van der Waals surface area contributed by atoms with Crippen LogP contribution in [0.15, 0.2) is 35.5 Å². The van der Waals surface area contributed by atoms with Crippen LogP contribution in [0.1, 0.15) is 112 Å². The number of morpholine rings is 1. The highest BCUT2D eigenvalue weighted by molar-refractivity contribution is 5.76. The number of allylic oxidation sites excluding steroid dienone is 5. The molecule has 3 unspecified atom stereocenters. The molecule has 0 spiro atoms. The lowest BCUT2D eigenvalue weighted by molar-refractivity contribution is -0.221. The van der Waals surface area contributed by atoms with E-state index >= 15 is 0 Å². The predicted octanol–water partition coefficient (Wildman–Crippen LogP) is 8.27. The summed E-state index contributed by atoms with van der Waals surface area (Å²) in [5.41, 5.74) is 5.94. The van der Waals surface area contributed by atoms with Gasteiger partial charge in [0, 0.05) is 31.2 Å². The zero-order chi connectivity index (χ0) is 33.6. The predicted molar refractivity (Wildman–Crippen MR) is 191 cm³/mol. The molecule has 2 N–H and O–H groups in total. The Morgan fingerprint density at radius 3 is 2.52 bits per heavy atom. The largest absolute Gasteiger partial charge is 0.481 e. The Morgan fingerprint density at radius 1 is 1.04 bits per heavy atom. The quantitative estimate of drug-likeness (QED) is 0.270. The molecule has 5 nitrogen and oxygen atoms in total. The average Bonchev–Trinajstić information content (AvgIpc) is 3.54. The summed E-state index contributed by atoms with van der Waals surface area (Å²) in [4.78, 5) is 14.4.